The third-order valence-corrected chi connectivity index (χ3v) is 4.22. The van der Waals surface area contributed by atoms with Gasteiger partial charge in [-0.2, -0.15) is 0 Å². The van der Waals surface area contributed by atoms with Crippen LogP contribution in [0, 0.1) is 11.8 Å². The Morgan fingerprint density at radius 1 is 0.947 bits per heavy atom. The van der Waals surface area contributed by atoms with Crippen LogP contribution in [0.3, 0.4) is 0 Å². The fourth-order valence-electron chi connectivity index (χ4n) is 2.48. The maximum Gasteiger partial charge on any atom is 0.0143 e. The molecule has 114 valence electrons. The van der Waals surface area contributed by atoms with Gasteiger partial charge < -0.3 is 5.32 Å². The van der Waals surface area contributed by atoms with Crippen molar-refractivity contribution in [2.75, 3.05) is 6.54 Å². The van der Waals surface area contributed by atoms with E-state index >= 15 is 0 Å². The van der Waals surface area contributed by atoms with Gasteiger partial charge in [0.05, 0.1) is 0 Å². The lowest BCUT2D eigenvalue weighted by molar-refractivity contribution is 0.403. The number of unbranched alkanes of at least 4 members (excludes halogenated alkanes) is 3. The summed E-state index contributed by atoms with van der Waals surface area (Å²) in [5, 5.41) is 3.57. The van der Waals surface area contributed by atoms with Gasteiger partial charge in [-0.3, -0.25) is 0 Å². The minimum absolute atomic E-state index is 0.685. The second-order valence-corrected chi connectivity index (χ2v) is 6.09. The molecular weight excluding hydrogens is 230 g/mol. The van der Waals surface area contributed by atoms with Crippen LogP contribution in [-0.2, 0) is 0 Å². The van der Waals surface area contributed by atoms with Gasteiger partial charge in [-0.15, -0.1) is 0 Å². The van der Waals surface area contributed by atoms with Crippen molar-refractivity contribution in [3.63, 3.8) is 0 Å². The average molecular weight is 268 g/mol. The molecule has 1 N–H and O–H groups in total. The van der Waals surface area contributed by atoms with E-state index in [0.29, 0.717) is 5.92 Å². The lowest BCUT2D eigenvalue weighted by Crippen LogP contribution is -2.21. The molecule has 0 aromatic rings. The molecule has 1 heteroatoms. The summed E-state index contributed by atoms with van der Waals surface area (Å²) in [4.78, 5) is 0. The van der Waals surface area contributed by atoms with E-state index in [2.05, 4.69) is 39.6 Å². The van der Waals surface area contributed by atoms with Crippen LogP contribution in [0.2, 0.25) is 0 Å². The molecular formula is C18H37N. The molecule has 0 saturated carbocycles. The van der Waals surface area contributed by atoms with E-state index in [4.69, 9.17) is 0 Å². The molecule has 2 atom stereocenters. The number of allylic oxidation sites excluding steroid dienone is 1. The normalized spacial score (nSPS) is 14.1. The van der Waals surface area contributed by atoms with Crippen molar-refractivity contribution in [1.29, 1.82) is 0 Å². The van der Waals surface area contributed by atoms with E-state index in [1.807, 2.05) is 0 Å². The Morgan fingerprint density at radius 2 is 1.68 bits per heavy atom. The van der Waals surface area contributed by atoms with Crippen molar-refractivity contribution in [3.8, 4) is 0 Å². The molecule has 0 fully saturated rings. The molecule has 0 heterocycles. The Morgan fingerprint density at radius 3 is 2.26 bits per heavy atom. The van der Waals surface area contributed by atoms with Gasteiger partial charge in [0.2, 0.25) is 0 Å². The maximum atomic E-state index is 4.28. The van der Waals surface area contributed by atoms with Crippen LogP contribution in [0.15, 0.2) is 12.3 Å². The summed E-state index contributed by atoms with van der Waals surface area (Å²) in [6.45, 7) is 14.6. The van der Waals surface area contributed by atoms with Gasteiger partial charge in [0.15, 0.2) is 0 Å². The van der Waals surface area contributed by atoms with Crippen molar-refractivity contribution in [3.05, 3.63) is 12.3 Å². The van der Waals surface area contributed by atoms with E-state index in [1.165, 1.54) is 63.5 Å². The molecule has 0 aliphatic rings. The van der Waals surface area contributed by atoms with Gasteiger partial charge in [-0.05, 0) is 31.1 Å². The molecule has 0 aromatic heterocycles. The monoisotopic (exact) mass is 267 g/mol. The summed E-state index contributed by atoms with van der Waals surface area (Å²) < 4.78 is 0. The van der Waals surface area contributed by atoms with Gasteiger partial charge in [0, 0.05) is 12.2 Å². The zero-order valence-electron chi connectivity index (χ0n) is 13.9. The van der Waals surface area contributed by atoms with E-state index in [-0.39, 0.29) is 0 Å². The Balaban J connectivity index is 3.89. The highest BCUT2D eigenvalue weighted by atomic mass is 14.9. The quantitative estimate of drug-likeness (QED) is 0.409. The molecule has 0 rings (SSSR count). The highest BCUT2D eigenvalue weighted by Gasteiger charge is 2.12. The summed E-state index contributed by atoms with van der Waals surface area (Å²) >= 11 is 0. The first-order valence-electron chi connectivity index (χ1n) is 8.58. The molecule has 0 amide bonds. The number of hydrogen-bond donors (Lipinski definition) is 1. The van der Waals surface area contributed by atoms with Crippen LogP contribution in [0.1, 0.15) is 85.5 Å². The van der Waals surface area contributed by atoms with Crippen LogP contribution in [0.25, 0.3) is 0 Å². The van der Waals surface area contributed by atoms with Gasteiger partial charge in [0.1, 0.15) is 0 Å². The van der Waals surface area contributed by atoms with Crippen LogP contribution in [-0.4, -0.2) is 6.54 Å². The molecule has 19 heavy (non-hydrogen) atoms. The highest BCUT2D eigenvalue weighted by Crippen LogP contribution is 2.23. The average Bonchev–Trinajstić information content (AvgIpc) is 2.42. The molecule has 0 radical (unpaired) electrons. The molecule has 0 bridgehead atoms. The minimum Gasteiger partial charge on any atom is -0.389 e. The Hall–Kier alpha value is -0.460. The van der Waals surface area contributed by atoms with Gasteiger partial charge in [-0.1, -0.05) is 72.8 Å². The van der Waals surface area contributed by atoms with E-state index in [0.717, 1.165) is 12.5 Å². The summed E-state index contributed by atoms with van der Waals surface area (Å²) in [6, 6.07) is 0. The standard InChI is InChI=1S/C18H37N/c1-6-9-10-11-15-19-17(5)18(12-7-2)14-13-16(4)8-3/h16,18-19H,5-15H2,1-4H3. The predicted molar refractivity (Wildman–Crippen MR) is 88.4 cm³/mol. The fourth-order valence-corrected chi connectivity index (χ4v) is 2.48. The number of rotatable bonds is 13. The lowest BCUT2D eigenvalue weighted by atomic mass is 9.90. The first kappa shape index (κ1) is 18.5. The van der Waals surface area contributed by atoms with E-state index < -0.39 is 0 Å². The summed E-state index contributed by atoms with van der Waals surface area (Å²) in [6.07, 6.45) is 11.8. The predicted octanol–water partition coefficient (Wildman–Crippen LogP) is 5.91. The molecule has 0 aromatic carbocycles. The lowest BCUT2D eigenvalue weighted by Gasteiger charge is -2.22. The highest BCUT2D eigenvalue weighted by molar-refractivity contribution is 4.98. The van der Waals surface area contributed by atoms with Crippen molar-refractivity contribution >= 4 is 0 Å². The Bertz CT molecular complexity index is 210. The number of hydrogen-bond acceptors (Lipinski definition) is 1. The Kier molecular flexibility index (Phi) is 12.3. The van der Waals surface area contributed by atoms with Gasteiger partial charge >= 0.3 is 0 Å². The summed E-state index contributed by atoms with van der Waals surface area (Å²) in [7, 11) is 0. The van der Waals surface area contributed by atoms with Crippen LogP contribution >= 0.6 is 0 Å². The van der Waals surface area contributed by atoms with Crippen molar-refractivity contribution < 1.29 is 0 Å². The van der Waals surface area contributed by atoms with E-state index in [1.54, 1.807) is 0 Å². The molecule has 1 nitrogen and oxygen atoms in total. The van der Waals surface area contributed by atoms with Gasteiger partial charge in [0.25, 0.3) is 0 Å². The number of nitrogens with one attached hydrogen (secondary N) is 1. The second kappa shape index (κ2) is 12.6. The molecule has 0 spiro atoms. The van der Waals surface area contributed by atoms with Crippen LogP contribution < -0.4 is 5.32 Å². The van der Waals surface area contributed by atoms with Crippen molar-refractivity contribution in [1.82, 2.24) is 5.32 Å². The summed E-state index contributed by atoms with van der Waals surface area (Å²) in [5.41, 5.74) is 1.29. The SMILES string of the molecule is C=C(NCCCCCC)C(CCC)CCC(C)CC. The molecule has 0 saturated heterocycles. The molecule has 2 unspecified atom stereocenters. The van der Waals surface area contributed by atoms with E-state index in [9.17, 15) is 0 Å². The van der Waals surface area contributed by atoms with Crippen LogP contribution in [0.4, 0.5) is 0 Å². The van der Waals surface area contributed by atoms with Crippen LogP contribution in [0.5, 0.6) is 0 Å². The summed E-state index contributed by atoms with van der Waals surface area (Å²) in [5.74, 6) is 1.54. The first-order valence-corrected chi connectivity index (χ1v) is 8.58. The third-order valence-electron chi connectivity index (χ3n) is 4.22. The zero-order valence-corrected chi connectivity index (χ0v) is 13.9. The fraction of sp³-hybridized carbons (Fsp3) is 0.889. The van der Waals surface area contributed by atoms with Gasteiger partial charge in [-0.25, -0.2) is 0 Å². The first-order chi connectivity index (χ1) is 9.15. The maximum absolute atomic E-state index is 4.28. The van der Waals surface area contributed by atoms with Crippen molar-refractivity contribution in [2.45, 2.75) is 85.5 Å². The van der Waals surface area contributed by atoms with Crippen molar-refractivity contribution in [2.24, 2.45) is 11.8 Å². The third kappa shape index (κ3) is 10.0. The second-order valence-electron chi connectivity index (χ2n) is 6.09. The molecule has 0 aliphatic carbocycles. The zero-order chi connectivity index (χ0) is 14.5. The smallest absolute Gasteiger partial charge is 0.0143 e. The minimum atomic E-state index is 0.685. The molecule has 0 aliphatic heterocycles. The Labute approximate surface area is 122 Å². The largest absolute Gasteiger partial charge is 0.389 e. The topological polar surface area (TPSA) is 12.0 Å².